The lowest BCUT2D eigenvalue weighted by Gasteiger charge is -2.32. The number of hydrogen-bond donors (Lipinski definition) is 1. The molecule has 2 heterocycles. The third-order valence-corrected chi connectivity index (χ3v) is 5.36. The zero-order valence-electron chi connectivity index (χ0n) is 14.0. The maximum absolute atomic E-state index is 12.8. The fourth-order valence-electron chi connectivity index (χ4n) is 3.15. The molecule has 24 heavy (non-hydrogen) atoms. The molecule has 3 rings (SSSR count). The van der Waals surface area contributed by atoms with Crippen molar-refractivity contribution in [2.75, 3.05) is 18.4 Å². The van der Waals surface area contributed by atoms with E-state index in [0.29, 0.717) is 6.54 Å². The molecule has 0 bridgehead atoms. The van der Waals surface area contributed by atoms with Gasteiger partial charge in [-0.15, -0.1) is 11.3 Å². The van der Waals surface area contributed by atoms with Crippen LogP contribution in [0.4, 0.5) is 5.69 Å². The summed E-state index contributed by atoms with van der Waals surface area (Å²) in [4.78, 5) is 29.3. The van der Waals surface area contributed by atoms with Crippen LogP contribution in [-0.4, -0.2) is 29.8 Å². The second-order valence-electron chi connectivity index (χ2n) is 6.27. The zero-order valence-corrected chi connectivity index (χ0v) is 14.9. The number of amides is 2. The molecule has 1 atom stereocenters. The molecule has 5 heteroatoms. The molecule has 0 saturated carbocycles. The van der Waals surface area contributed by atoms with Crippen molar-refractivity contribution in [3.05, 3.63) is 51.7 Å². The number of piperidine rings is 1. The van der Waals surface area contributed by atoms with Gasteiger partial charge in [-0.1, -0.05) is 18.2 Å². The lowest BCUT2D eigenvalue weighted by atomic mass is 9.96. The summed E-state index contributed by atoms with van der Waals surface area (Å²) in [6.07, 6.45) is 1.69. The molecule has 126 valence electrons. The van der Waals surface area contributed by atoms with E-state index >= 15 is 0 Å². The molecule has 1 unspecified atom stereocenters. The van der Waals surface area contributed by atoms with Gasteiger partial charge >= 0.3 is 0 Å². The van der Waals surface area contributed by atoms with E-state index in [-0.39, 0.29) is 17.7 Å². The maximum Gasteiger partial charge on any atom is 0.255 e. The molecule has 1 aromatic heterocycles. The Bertz CT molecular complexity index is 739. The van der Waals surface area contributed by atoms with E-state index in [1.165, 1.54) is 0 Å². The number of thiophene rings is 1. The molecule has 4 nitrogen and oxygen atoms in total. The van der Waals surface area contributed by atoms with Crippen LogP contribution in [0.2, 0.25) is 0 Å². The van der Waals surface area contributed by atoms with Crippen LogP contribution in [0.5, 0.6) is 0 Å². The Hall–Kier alpha value is -2.14. The van der Waals surface area contributed by atoms with Crippen molar-refractivity contribution in [2.45, 2.75) is 26.7 Å². The molecule has 0 radical (unpaired) electrons. The number of hydrogen-bond acceptors (Lipinski definition) is 3. The summed E-state index contributed by atoms with van der Waals surface area (Å²) in [6.45, 7) is 5.21. The summed E-state index contributed by atoms with van der Waals surface area (Å²) < 4.78 is 0. The second kappa shape index (κ2) is 7.18. The molecule has 0 spiro atoms. The number of likely N-dealkylation sites (tertiary alicyclic amines) is 1. The third-order valence-electron chi connectivity index (χ3n) is 4.39. The Morgan fingerprint density at radius 1 is 1.21 bits per heavy atom. The number of carbonyl (C=O) groups is 2. The van der Waals surface area contributed by atoms with Crippen LogP contribution in [0.1, 0.15) is 33.0 Å². The molecule has 2 amide bonds. The Morgan fingerprint density at radius 2 is 1.96 bits per heavy atom. The second-order valence-corrected chi connectivity index (χ2v) is 7.73. The summed E-state index contributed by atoms with van der Waals surface area (Å²) >= 11 is 1.64. The SMILES string of the molecule is Cc1cc(C(=O)N2CCCC(C(=O)Nc3ccccc3)C2)c(C)s1. The molecule has 1 aromatic carbocycles. The van der Waals surface area contributed by atoms with Gasteiger partial charge in [0.05, 0.1) is 11.5 Å². The van der Waals surface area contributed by atoms with Gasteiger partial charge in [0.25, 0.3) is 5.91 Å². The number of anilines is 1. The minimum absolute atomic E-state index is 0.00285. The predicted molar refractivity (Wildman–Crippen MR) is 97.5 cm³/mol. The van der Waals surface area contributed by atoms with E-state index in [4.69, 9.17) is 0 Å². The normalized spacial score (nSPS) is 17.6. The van der Waals surface area contributed by atoms with E-state index in [2.05, 4.69) is 5.32 Å². The number of carbonyl (C=O) groups excluding carboxylic acids is 2. The van der Waals surface area contributed by atoms with Gasteiger partial charge in [0.1, 0.15) is 0 Å². The fraction of sp³-hybridized carbons (Fsp3) is 0.368. The van der Waals surface area contributed by atoms with Crippen LogP contribution in [0, 0.1) is 19.8 Å². The lowest BCUT2D eigenvalue weighted by molar-refractivity contribution is -0.121. The number of para-hydroxylation sites is 1. The van der Waals surface area contributed by atoms with Crippen molar-refractivity contribution < 1.29 is 9.59 Å². The van der Waals surface area contributed by atoms with Crippen molar-refractivity contribution in [1.82, 2.24) is 4.90 Å². The van der Waals surface area contributed by atoms with Crippen molar-refractivity contribution >= 4 is 28.8 Å². The summed E-state index contributed by atoms with van der Waals surface area (Å²) in [5, 5.41) is 2.95. The Morgan fingerprint density at radius 3 is 2.62 bits per heavy atom. The van der Waals surface area contributed by atoms with Gasteiger partial charge in [-0.25, -0.2) is 0 Å². The summed E-state index contributed by atoms with van der Waals surface area (Å²) in [6, 6.07) is 11.4. The first-order valence-corrected chi connectivity index (χ1v) is 9.08. The molecule has 1 fully saturated rings. The molecular formula is C19H22N2O2S. The monoisotopic (exact) mass is 342 g/mol. The fourth-order valence-corrected chi connectivity index (χ4v) is 4.07. The van der Waals surface area contributed by atoms with Gasteiger partial charge in [0.2, 0.25) is 5.91 Å². The Labute approximate surface area is 146 Å². The van der Waals surface area contributed by atoms with E-state index in [1.54, 1.807) is 11.3 Å². The largest absolute Gasteiger partial charge is 0.338 e. The molecule has 0 aliphatic carbocycles. The highest BCUT2D eigenvalue weighted by atomic mass is 32.1. The molecule has 1 saturated heterocycles. The van der Waals surface area contributed by atoms with Crippen LogP contribution in [0.25, 0.3) is 0 Å². The Balaban J connectivity index is 1.66. The Kier molecular flexibility index (Phi) is 5.00. The van der Waals surface area contributed by atoms with Crippen LogP contribution >= 0.6 is 11.3 Å². The predicted octanol–water partition coefficient (Wildman–Crippen LogP) is 3.86. The zero-order chi connectivity index (χ0) is 17.1. The van der Waals surface area contributed by atoms with Crippen LogP contribution < -0.4 is 5.32 Å². The van der Waals surface area contributed by atoms with Crippen molar-refractivity contribution in [2.24, 2.45) is 5.92 Å². The number of nitrogens with zero attached hydrogens (tertiary/aromatic N) is 1. The first kappa shape index (κ1) is 16.7. The summed E-state index contributed by atoms with van der Waals surface area (Å²) in [5.41, 5.74) is 1.58. The highest BCUT2D eigenvalue weighted by Gasteiger charge is 2.29. The average Bonchev–Trinajstić information content (AvgIpc) is 2.93. The van der Waals surface area contributed by atoms with Gasteiger partial charge in [0.15, 0.2) is 0 Å². The molecule has 1 aliphatic rings. The molecule has 2 aromatic rings. The van der Waals surface area contributed by atoms with Crippen molar-refractivity contribution in [3.63, 3.8) is 0 Å². The number of nitrogens with one attached hydrogen (secondary N) is 1. The highest BCUT2D eigenvalue weighted by molar-refractivity contribution is 7.12. The van der Waals surface area contributed by atoms with Gasteiger partial charge in [-0.05, 0) is 44.9 Å². The standard InChI is InChI=1S/C19H22N2O2S/c1-13-11-17(14(2)24-13)19(23)21-10-6-7-15(12-21)18(22)20-16-8-4-3-5-9-16/h3-5,8-9,11,15H,6-7,10,12H2,1-2H3,(H,20,22). The molecular weight excluding hydrogens is 320 g/mol. The van der Waals surface area contributed by atoms with E-state index in [9.17, 15) is 9.59 Å². The van der Waals surface area contributed by atoms with Gasteiger partial charge < -0.3 is 10.2 Å². The van der Waals surface area contributed by atoms with Crippen LogP contribution in [0.15, 0.2) is 36.4 Å². The molecule has 1 N–H and O–H groups in total. The van der Waals surface area contributed by atoms with Gasteiger partial charge in [-0.2, -0.15) is 0 Å². The number of benzene rings is 1. The average molecular weight is 342 g/mol. The topological polar surface area (TPSA) is 49.4 Å². The lowest BCUT2D eigenvalue weighted by Crippen LogP contribution is -2.43. The smallest absolute Gasteiger partial charge is 0.255 e. The van der Waals surface area contributed by atoms with Crippen LogP contribution in [-0.2, 0) is 4.79 Å². The maximum atomic E-state index is 12.8. The van der Waals surface area contributed by atoms with Crippen molar-refractivity contribution in [1.29, 1.82) is 0 Å². The van der Waals surface area contributed by atoms with Crippen LogP contribution in [0.3, 0.4) is 0 Å². The van der Waals surface area contributed by atoms with Gasteiger partial charge in [0, 0.05) is 28.5 Å². The van der Waals surface area contributed by atoms with Crippen molar-refractivity contribution in [3.8, 4) is 0 Å². The van der Waals surface area contributed by atoms with E-state index in [1.807, 2.05) is 55.1 Å². The summed E-state index contributed by atoms with van der Waals surface area (Å²) in [5.74, 6) is -0.103. The van der Waals surface area contributed by atoms with E-state index < -0.39 is 0 Å². The quantitative estimate of drug-likeness (QED) is 0.921. The number of rotatable bonds is 3. The number of aryl methyl sites for hydroxylation is 2. The molecule has 1 aliphatic heterocycles. The first-order valence-electron chi connectivity index (χ1n) is 8.27. The highest BCUT2D eigenvalue weighted by Crippen LogP contribution is 2.25. The third kappa shape index (κ3) is 3.67. The minimum Gasteiger partial charge on any atom is -0.338 e. The van der Waals surface area contributed by atoms with E-state index in [0.717, 1.165) is 40.4 Å². The summed E-state index contributed by atoms with van der Waals surface area (Å²) in [7, 11) is 0. The first-order chi connectivity index (χ1) is 11.5. The van der Waals surface area contributed by atoms with Gasteiger partial charge in [-0.3, -0.25) is 9.59 Å². The minimum atomic E-state index is -0.150.